The maximum Gasteiger partial charge on any atom is 0.306 e. The lowest BCUT2D eigenvalue weighted by atomic mass is 10.1. The fourth-order valence-electron chi connectivity index (χ4n) is 3.58. The summed E-state index contributed by atoms with van der Waals surface area (Å²) < 4.78 is 15.7. The van der Waals surface area contributed by atoms with Crippen molar-refractivity contribution < 1.29 is 23.8 Å². The fourth-order valence-corrected chi connectivity index (χ4v) is 3.58. The highest BCUT2D eigenvalue weighted by Crippen LogP contribution is 2.14. The third-order valence-electron chi connectivity index (χ3n) is 5.56. The maximum atomic E-state index is 11.8. The number of esters is 2. The Kier molecular flexibility index (Phi) is 17.2. The van der Waals surface area contributed by atoms with E-state index in [0.29, 0.717) is 13.0 Å². The van der Waals surface area contributed by atoms with Gasteiger partial charge in [-0.15, -0.1) is 0 Å². The van der Waals surface area contributed by atoms with Gasteiger partial charge < -0.3 is 14.2 Å². The van der Waals surface area contributed by atoms with Gasteiger partial charge in [0.2, 0.25) is 0 Å². The molecule has 1 aromatic carbocycles. The number of unbranched alkanes of at least 4 members (excludes halogenated alkanes) is 11. The summed E-state index contributed by atoms with van der Waals surface area (Å²) in [6, 6.07) is 7.41. The minimum atomic E-state index is -0.304. The van der Waals surface area contributed by atoms with Crippen LogP contribution in [-0.2, 0) is 25.7 Å². The molecule has 5 nitrogen and oxygen atoms in total. The van der Waals surface area contributed by atoms with Gasteiger partial charge in [-0.1, -0.05) is 89.7 Å². The summed E-state index contributed by atoms with van der Waals surface area (Å²) in [7, 11) is 1.60. The first kappa shape index (κ1) is 28.0. The van der Waals surface area contributed by atoms with Crippen LogP contribution in [0.4, 0.5) is 0 Å². The molecule has 0 spiro atoms. The molecule has 1 aromatic rings. The van der Waals surface area contributed by atoms with Gasteiger partial charge in [-0.05, 0) is 30.5 Å². The van der Waals surface area contributed by atoms with E-state index in [1.54, 1.807) is 7.11 Å². The molecule has 0 heterocycles. The zero-order valence-corrected chi connectivity index (χ0v) is 20.4. The van der Waals surface area contributed by atoms with Crippen LogP contribution in [-0.4, -0.2) is 25.7 Å². The van der Waals surface area contributed by atoms with Crippen molar-refractivity contribution in [2.75, 3.05) is 13.7 Å². The summed E-state index contributed by atoms with van der Waals surface area (Å²) in [6.07, 6.45) is 16.4. The van der Waals surface area contributed by atoms with E-state index in [1.165, 1.54) is 64.2 Å². The van der Waals surface area contributed by atoms with Crippen molar-refractivity contribution in [1.29, 1.82) is 0 Å². The molecule has 5 heteroatoms. The highest BCUT2D eigenvalue weighted by Gasteiger charge is 2.08. The number of hydrogen-bond acceptors (Lipinski definition) is 5. The molecule has 0 amide bonds. The molecule has 0 aliphatic rings. The maximum absolute atomic E-state index is 11.8. The molecule has 0 saturated carbocycles. The molecule has 0 aliphatic heterocycles. The SMILES string of the molecule is CCCCCCCCCCCCCCOC(=O)CCCC(=O)OCc1cccc(OC)c1. The Labute approximate surface area is 195 Å². The average molecular weight is 449 g/mol. The molecule has 0 unspecified atom stereocenters. The highest BCUT2D eigenvalue weighted by molar-refractivity contribution is 5.72. The first-order valence-electron chi connectivity index (χ1n) is 12.6. The quantitative estimate of drug-likeness (QED) is 0.156. The Hall–Kier alpha value is -2.04. The highest BCUT2D eigenvalue weighted by atomic mass is 16.5. The largest absolute Gasteiger partial charge is 0.497 e. The summed E-state index contributed by atoms with van der Waals surface area (Å²) in [6.45, 7) is 2.95. The van der Waals surface area contributed by atoms with E-state index in [0.717, 1.165) is 24.2 Å². The van der Waals surface area contributed by atoms with Gasteiger partial charge in [-0.3, -0.25) is 9.59 Å². The van der Waals surface area contributed by atoms with E-state index >= 15 is 0 Å². The second-order valence-electron chi connectivity index (χ2n) is 8.48. The average Bonchev–Trinajstić information content (AvgIpc) is 2.81. The minimum absolute atomic E-state index is 0.208. The monoisotopic (exact) mass is 448 g/mol. The van der Waals surface area contributed by atoms with Crippen molar-refractivity contribution in [3.63, 3.8) is 0 Å². The molecule has 0 N–H and O–H groups in total. The molecule has 32 heavy (non-hydrogen) atoms. The van der Waals surface area contributed by atoms with Gasteiger partial charge in [0, 0.05) is 12.8 Å². The van der Waals surface area contributed by atoms with Gasteiger partial charge in [-0.25, -0.2) is 0 Å². The molecule has 0 atom stereocenters. The summed E-state index contributed by atoms with van der Waals surface area (Å²) in [5.41, 5.74) is 0.875. The number of benzene rings is 1. The number of rotatable bonds is 20. The summed E-state index contributed by atoms with van der Waals surface area (Å²) in [4.78, 5) is 23.6. The van der Waals surface area contributed by atoms with Crippen molar-refractivity contribution in [2.24, 2.45) is 0 Å². The van der Waals surface area contributed by atoms with Crippen LogP contribution < -0.4 is 4.74 Å². The molecule has 0 bridgehead atoms. The Morgan fingerprint density at radius 1 is 0.719 bits per heavy atom. The van der Waals surface area contributed by atoms with Crippen LogP contribution in [0.2, 0.25) is 0 Å². The van der Waals surface area contributed by atoms with Gasteiger partial charge in [0.25, 0.3) is 0 Å². The van der Waals surface area contributed by atoms with E-state index in [4.69, 9.17) is 14.2 Å². The number of methoxy groups -OCH3 is 1. The standard InChI is InChI=1S/C27H44O5/c1-3-4-5-6-7-8-9-10-11-12-13-14-21-31-26(28)19-16-20-27(29)32-23-24-17-15-18-25(22-24)30-2/h15,17-18,22H,3-14,16,19-21,23H2,1-2H3. The third kappa shape index (κ3) is 15.7. The molecule has 0 fully saturated rings. The summed E-state index contributed by atoms with van der Waals surface area (Å²) in [5, 5.41) is 0. The lowest BCUT2D eigenvalue weighted by molar-refractivity contribution is -0.146. The van der Waals surface area contributed by atoms with Crippen LogP contribution in [0.5, 0.6) is 5.75 Å². The predicted molar refractivity (Wildman–Crippen MR) is 129 cm³/mol. The van der Waals surface area contributed by atoms with Crippen LogP contribution in [0, 0.1) is 0 Å². The topological polar surface area (TPSA) is 61.8 Å². The van der Waals surface area contributed by atoms with Crippen molar-refractivity contribution in [3.8, 4) is 5.75 Å². The number of carbonyl (C=O) groups is 2. The molecular formula is C27H44O5. The molecule has 1 rings (SSSR count). The van der Waals surface area contributed by atoms with Gasteiger partial charge in [0.05, 0.1) is 13.7 Å². The molecule has 0 aliphatic carbocycles. The summed E-state index contributed by atoms with van der Waals surface area (Å²) in [5.74, 6) is 0.199. The zero-order valence-electron chi connectivity index (χ0n) is 20.4. The first-order chi connectivity index (χ1) is 15.7. The van der Waals surface area contributed by atoms with Gasteiger partial charge in [0.1, 0.15) is 12.4 Å². The van der Waals surface area contributed by atoms with Crippen molar-refractivity contribution in [3.05, 3.63) is 29.8 Å². The van der Waals surface area contributed by atoms with Gasteiger partial charge in [0.15, 0.2) is 0 Å². The number of hydrogen-bond donors (Lipinski definition) is 0. The molecular weight excluding hydrogens is 404 g/mol. The Bertz CT molecular complexity index is 614. The van der Waals surface area contributed by atoms with Crippen LogP contribution >= 0.6 is 0 Å². The van der Waals surface area contributed by atoms with E-state index in [-0.39, 0.29) is 31.4 Å². The first-order valence-corrected chi connectivity index (χ1v) is 12.6. The Balaban J connectivity index is 1.89. The van der Waals surface area contributed by atoms with Gasteiger partial charge in [-0.2, -0.15) is 0 Å². The van der Waals surface area contributed by atoms with Crippen molar-refractivity contribution in [2.45, 2.75) is 110 Å². The van der Waals surface area contributed by atoms with E-state index in [2.05, 4.69) is 6.92 Å². The molecule has 0 radical (unpaired) electrons. The smallest absolute Gasteiger partial charge is 0.306 e. The van der Waals surface area contributed by atoms with Crippen LogP contribution in [0.1, 0.15) is 109 Å². The Morgan fingerprint density at radius 3 is 1.88 bits per heavy atom. The van der Waals surface area contributed by atoms with Crippen LogP contribution in [0.15, 0.2) is 24.3 Å². The number of ether oxygens (including phenoxy) is 3. The molecule has 0 aromatic heterocycles. The number of carbonyl (C=O) groups excluding carboxylic acids is 2. The van der Waals surface area contributed by atoms with E-state index in [1.807, 2.05) is 24.3 Å². The lowest BCUT2D eigenvalue weighted by Crippen LogP contribution is -2.09. The predicted octanol–water partition coefficient (Wildman–Crippen LogP) is 7.15. The molecule has 0 saturated heterocycles. The normalized spacial score (nSPS) is 10.7. The Morgan fingerprint density at radius 2 is 1.28 bits per heavy atom. The zero-order chi connectivity index (χ0) is 23.3. The second kappa shape index (κ2) is 19.6. The third-order valence-corrected chi connectivity index (χ3v) is 5.56. The van der Waals surface area contributed by atoms with Crippen molar-refractivity contribution in [1.82, 2.24) is 0 Å². The van der Waals surface area contributed by atoms with Gasteiger partial charge >= 0.3 is 11.9 Å². The van der Waals surface area contributed by atoms with Crippen LogP contribution in [0.25, 0.3) is 0 Å². The summed E-state index contributed by atoms with van der Waals surface area (Å²) >= 11 is 0. The van der Waals surface area contributed by atoms with E-state index < -0.39 is 0 Å². The minimum Gasteiger partial charge on any atom is -0.497 e. The van der Waals surface area contributed by atoms with E-state index in [9.17, 15) is 9.59 Å². The lowest BCUT2D eigenvalue weighted by Gasteiger charge is -2.07. The molecule has 182 valence electrons. The van der Waals surface area contributed by atoms with Crippen LogP contribution in [0.3, 0.4) is 0 Å². The van der Waals surface area contributed by atoms with Crippen molar-refractivity contribution >= 4 is 11.9 Å². The fraction of sp³-hybridized carbons (Fsp3) is 0.704. The second-order valence-corrected chi connectivity index (χ2v) is 8.48.